The summed E-state index contributed by atoms with van der Waals surface area (Å²) in [7, 11) is 0. The van der Waals surface area contributed by atoms with Crippen LogP contribution in [-0.2, 0) is 4.79 Å². The van der Waals surface area contributed by atoms with E-state index in [-0.39, 0.29) is 18.0 Å². The summed E-state index contributed by atoms with van der Waals surface area (Å²) in [6, 6.07) is 6.23. The van der Waals surface area contributed by atoms with Crippen LogP contribution in [0.4, 0.5) is 0 Å². The average molecular weight is 261 g/mol. The number of aryl methyl sites for hydroxylation is 2. The fraction of sp³-hybridized carbons (Fsp3) is 0.562. The summed E-state index contributed by atoms with van der Waals surface area (Å²) in [5, 5.41) is 9.41. The Hall–Kier alpha value is -1.35. The predicted octanol–water partition coefficient (Wildman–Crippen LogP) is 3.16. The van der Waals surface area contributed by atoms with Crippen molar-refractivity contribution in [3.63, 3.8) is 0 Å². The number of carboxylic acids is 1. The van der Waals surface area contributed by atoms with Crippen molar-refractivity contribution in [3.8, 4) is 0 Å². The lowest BCUT2D eigenvalue weighted by atomic mass is 9.99. The fourth-order valence-electron chi connectivity index (χ4n) is 3.01. The average Bonchev–Trinajstić information content (AvgIpc) is 2.74. The molecule has 19 heavy (non-hydrogen) atoms. The highest BCUT2D eigenvalue weighted by atomic mass is 16.4. The number of carboxylic acid groups (broad SMARTS) is 1. The maximum atomic E-state index is 11.4. The maximum absolute atomic E-state index is 11.4. The molecule has 104 valence electrons. The number of hydrogen-bond acceptors (Lipinski definition) is 2. The van der Waals surface area contributed by atoms with E-state index in [9.17, 15) is 9.90 Å². The van der Waals surface area contributed by atoms with Crippen LogP contribution < -0.4 is 0 Å². The van der Waals surface area contributed by atoms with Gasteiger partial charge in [-0.2, -0.15) is 0 Å². The molecule has 0 aromatic heterocycles. The third-order valence-electron chi connectivity index (χ3n) is 4.50. The summed E-state index contributed by atoms with van der Waals surface area (Å²) in [5.74, 6) is -0.466. The van der Waals surface area contributed by atoms with E-state index in [1.807, 2.05) is 6.92 Å². The van der Waals surface area contributed by atoms with Crippen molar-refractivity contribution in [2.24, 2.45) is 5.92 Å². The highest BCUT2D eigenvalue weighted by Gasteiger charge is 2.39. The molecular formula is C16H23NO2. The minimum Gasteiger partial charge on any atom is -0.480 e. The van der Waals surface area contributed by atoms with Crippen molar-refractivity contribution in [2.45, 2.75) is 46.2 Å². The summed E-state index contributed by atoms with van der Waals surface area (Å²) in [5.41, 5.74) is 3.76. The first kappa shape index (κ1) is 14.1. The standard InChI is InChI=1S/C16H23NO2/c1-10-5-6-14(9-12(10)3)13(4)17-8-7-11(2)15(17)16(18)19/h5-6,9,11,13,15H,7-8H2,1-4H3,(H,18,19). The van der Waals surface area contributed by atoms with E-state index < -0.39 is 5.97 Å². The van der Waals surface area contributed by atoms with Crippen molar-refractivity contribution in [1.29, 1.82) is 0 Å². The number of carbonyl (C=O) groups is 1. The van der Waals surface area contributed by atoms with Crippen molar-refractivity contribution in [1.82, 2.24) is 4.90 Å². The molecule has 1 aromatic rings. The Kier molecular flexibility index (Phi) is 3.95. The van der Waals surface area contributed by atoms with Gasteiger partial charge in [-0.15, -0.1) is 0 Å². The zero-order valence-electron chi connectivity index (χ0n) is 12.2. The van der Waals surface area contributed by atoms with Gasteiger partial charge in [-0.1, -0.05) is 25.1 Å². The van der Waals surface area contributed by atoms with Crippen LogP contribution in [0, 0.1) is 19.8 Å². The number of benzene rings is 1. The van der Waals surface area contributed by atoms with Crippen LogP contribution in [0.5, 0.6) is 0 Å². The smallest absolute Gasteiger partial charge is 0.321 e. The third-order valence-corrected chi connectivity index (χ3v) is 4.50. The van der Waals surface area contributed by atoms with Crippen molar-refractivity contribution >= 4 is 5.97 Å². The van der Waals surface area contributed by atoms with Gasteiger partial charge in [-0.05, 0) is 56.3 Å². The van der Waals surface area contributed by atoms with E-state index in [2.05, 4.69) is 43.9 Å². The Labute approximate surface area is 115 Å². The molecular weight excluding hydrogens is 238 g/mol. The normalized spacial score (nSPS) is 25.5. The van der Waals surface area contributed by atoms with Gasteiger partial charge < -0.3 is 5.11 Å². The first-order valence-corrected chi connectivity index (χ1v) is 6.97. The van der Waals surface area contributed by atoms with Gasteiger partial charge in [-0.25, -0.2) is 0 Å². The summed E-state index contributed by atoms with van der Waals surface area (Å²) in [6.07, 6.45) is 0.964. The molecule has 0 amide bonds. The summed E-state index contributed by atoms with van der Waals surface area (Å²) >= 11 is 0. The quantitative estimate of drug-likeness (QED) is 0.908. The lowest BCUT2D eigenvalue weighted by molar-refractivity contribution is -0.144. The van der Waals surface area contributed by atoms with E-state index in [4.69, 9.17) is 0 Å². The molecule has 0 aliphatic carbocycles. The van der Waals surface area contributed by atoms with Gasteiger partial charge in [0, 0.05) is 6.04 Å². The number of hydrogen-bond donors (Lipinski definition) is 1. The van der Waals surface area contributed by atoms with E-state index in [0.29, 0.717) is 0 Å². The summed E-state index contributed by atoms with van der Waals surface area (Å²) in [4.78, 5) is 13.6. The molecule has 3 heteroatoms. The molecule has 3 unspecified atom stereocenters. The third kappa shape index (κ3) is 2.66. The molecule has 1 aliphatic rings. The Balaban J connectivity index is 2.25. The van der Waals surface area contributed by atoms with E-state index in [1.165, 1.54) is 16.7 Å². The van der Waals surface area contributed by atoms with E-state index in [0.717, 1.165) is 13.0 Å². The summed E-state index contributed by atoms with van der Waals surface area (Å²) < 4.78 is 0. The minimum atomic E-state index is -0.694. The molecule has 3 atom stereocenters. The molecule has 1 N–H and O–H groups in total. The first-order chi connectivity index (χ1) is 8.91. The fourth-order valence-corrected chi connectivity index (χ4v) is 3.01. The number of likely N-dealkylation sites (tertiary alicyclic amines) is 1. The van der Waals surface area contributed by atoms with Crippen LogP contribution in [-0.4, -0.2) is 28.6 Å². The Bertz CT molecular complexity index is 484. The zero-order chi connectivity index (χ0) is 14.2. The number of nitrogens with zero attached hydrogens (tertiary/aromatic N) is 1. The van der Waals surface area contributed by atoms with Gasteiger partial charge in [0.15, 0.2) is 0 Å². The van der Waals surface area contributed by atoms with E-state index >= 15 is 0 Å². The molecule has 1 aromatic carbocycles. The van der Waals surface area contributed by atoms with Gasteiger partial charge in [0.1, 0.15) is 6.04 Å². The molecule has 3 nitrogen and oxygen atoms in total. The Morgan fingerprint density at radius 1 is 1.37 bits per heavy atom. The first-order valence-electron chi connectivity index (χ1n) is 6.97. The second-order valence-electron chi connectivity index (χ2n) is 5.81. The molecule has 1 fully saturated rings. The van der Waals surface area contributed by atoms with E-state index in [1.54, 1.807) is 0 Å². The zero-order valence-corrected chi connectivity index (χ0v) is 12.2. The van der Waals surface area contributed by atoms with Crippen molar-refractivity contribution < 1.29 is 9.90 Å². The largest absolute Gasteiger partial charge is 0.480 e. The van der Waals surface area contributed by atoms with Gasteiger partial charge in [-0.3, -0.25) is 9.69 Å². The predicted molar refractivity (Wildman–Crippen MR) is 76.2 cm³/mol. The van der Waals surface area contributed by atoms with Gasteiger partial charge >= 0.3 is 5.97 Å². The Morgan fingerprint density at radius 2 is 2.05 bits per heavy atom. The van der Waals surface area contributed by atoms with Crippen LogP contribution in [0.3, 0.4) is 0 Å². The number of rotatable bonds is 3. The maximum Gasteiger partial charge on any atom is 0.321 e. The summed E-state index contributed by atoms with van der Waals surface area (Å²) in [6.45, 7) is 9.21. The topological polar surface area (TPSA) is 40.5 Å². The Morgan fingerprint density at radius 3 is 2.63 bits per heavy atom. The van der Waals surface area contributed by atoms with Gasteiger partial charge in [0.2, 0.25) is 0 Å². The lowest BCUT2D eigenvalue weighted by Crippen LogP contribution is -2.40. The molecule has 0 saturated carbocycles. The monoisotopic (exact) mass is 261 g/mol. The molecule has 2 rings (SSSR count). The number of aliphatic carboxylic acids is 1. The lowest BCUT2D eigenvalue weighted by Gasteiger charge is -2.30. The van der Waals surface area contributed by atoms with Crippen LogP contribution in [0.25, 0.3) is 0 Å². The van der Waals surface area contributed by atoms with Crippen LogP contribution in [0.2, 0.25) is 0 Å². The van der Waals surface area contributed by atoms with Gasteiger partial charge in [0.25, 0.3) is 0 Å². The second-order valence-corrected chi connectivity index (χ2v) is 5.81. The van der Waals surface area contributed by atoms with Crippen molar-refractivity contribution in [3.05, 3.63) is 34.9 Å². The molecule has 0 bridgehead atoms. The van der Waals surface area contributed by atoms with Crippen LogP contribution in [0.1, 0.15) is 43.0 Å². The second kappa shape index (κ2) is 5.33. The van der Waals surface area contributed by atoms with Crippen LogP contribution >= 0.6 is 0 Å². The molecule has 0 radical (unpaired) electrons. The minimum absolute atomic E-state index is 0.158. The highest BCUT2D eigenvalue weighted by molar-refractivity contribution is 5.74. The van der Waals surface area contributed by atoms with Crippen LogP contribution in [0.15, 0.2) is 18.2 Å². The molecule has 0 spiro atoms. The van der Waals surface area contributed by atoms with Gasteiger partial charge in [0.05, 0.1) is 0 Å². The molecule has 1 heterocycles. The highest BCUT2D eigenvalue weighted by Crippen LogP contribution is 2.33. The van der Waals surface area contributed by atoms with Crippen molar-refractivity contribution in [2.75, 3.05) is 6.54 Å². The molecule has 1 saturated heterocycles. The SMILES string of the molecule is Cc1ccc(C(C)N2CCC(C)C2C(=O)O)cc1C. The molecule has 1 aliphatic heterocycles.